The first-order chi connectivity index (χ1) is 18.6. The number of morpholine rings is 1. The molecule has 11 nitrogen and oxygen atoms in total. The number of nitrogens with zero attached hydrogens (tertiary/aromatic N) is 4. The lowest BCUT2D eigenvalue weighted by molar-refractivity contribution is 0.0597. The molecule has 3 heterocycles. The zero-order chi connectivity index (χ0) is 26.5. The van der Waals surface area contributed by atoms with Crippen LogP contribution in [-0.2, 0) is 9.47 Å². The van der Waals surface area contributed by atoms with Gasteiger partial charge in [0.1, 0.15) is 23.7 Å². The average Bonchev–Trinajstić information content (AvgIpc) is 2.97. The molecule has 0 saturated carbocycles. The second-order valence-corrected chi connectivity index (χ2v) is 8.41. The van der Waals surface area contributed by atoms with Crippen LogP contribution >= 0.6 is 0 Å². The molecule has 0 bridgehead atoms. The van der Waals surface area contributed by atoms with Crippen LogP contribution in [0.5, 0.6) is 5.75 Å². The van der Waals surface area contributed by atoms with Gasteiger partial charge in [0.05, 0.1) is 49.8 Å². The monoisotopic (exact) mass is 514 g/mol. The van der Waals surface area contributed by atoms with E-state index < -0.39 is 11.9 Å². The zero-order valence-electron chi connectivity index (χ0n) is 20.9. The predicted octanol–water partition coefficient (Wildman–Crippen LogP) is 3.65. The molecule has 0 unspecified atom stereocenters. The normalized spacial score (nSPS) is 13.2. The molecule has 1 saturated heterocycles. The van der Waals surface area contributed by atoms with Crippen LogP contribution in [0.3, 0.4) is 0 Å². The summed E-state index contributed by atoms with van der Waals surface area (Å²) in [5.74, 6) is 0.429. The standard InChI is InChI=1S/C27H26N6O5/c1-36-23-15-21-20(14-22(23)31-26(34)18-5-3-4-6-19(18)27(35)37-2)25(30-16-29-21)32-24-13-17(7-8-28-24)33-9-11-38-12-10-33/h3-8,13-16H,9-12H2,1-2H3,(H,31,34)(H,28,29,30,32). The Morgan fingerprint density at radius 3 is 2.53 bits per heavy atom. The Hall–Kier alpha value is -4.77. The van der Waals surface area contributed by atoms with Crippen molar-refractivity contribution in [2.24, 2.45) is 0 Å². The molecule has 11 heteroatoms. The van der Waals surface area contributed by atoms with E-state index in [4.69, 9.17) is 14.2 Å². The number of anilines is 4. The van der Waals surface area contributed by atoms with Crippen LogP contribution in [0.15, 0.2) is 61.1 Å². The molecule has 2 N–H and O–H groups in total. The Kier molecular flexibility index (Phi) is 7.27. The van der Waals surface area contributed by atoms with E-state index in [9.17, 15) is 9.59 Å². The summed E-state index contributed by atoms with van der Waals surface area (Å²) in [5.41, 5.74) is 2.36. The summed E-state index contributed by atoms with van der Waals surface area (Å²) in [4.78, 5) is 40.8. The van der Waals surface area contributed by atoms with Crippen molar-refractivity contribution in [2.75, 3.05) is 56.1 Å². The Balaban J connectivity index is 1.47. The third kappa shape index (κ3) is 5.18. The third-order valence-electron chi connectivity index (χ3n) is 6.15. The third-order valence-corrected chi connectivity index (χ3v) is 6.15. The Bertz CT molecular complexity index is 1490. The van der Waals surface area contributed by atoms with E-state index in [1.54, 1.807) is 36.5 Å². The molecule has 1 amide bonds. The highest BCUT2D eigenvalue weighted by atomic mass is 16.5. The van der Waals surface area contributed by atoms with Crippen molar-refractivity contribution in [3.63, 3.8) is 0 Å². The number of carbonyl (C=O) groups excluding carboxylic acids is 2. The number of aromatic nitrogens is 3. The highest BCUT2D eigenvalue weighted by Crippen LogP contribution is 2.33. The van der Waals surface area contributed by atoms with Gasteiger partial charge in [-0.1, -0.05) is 12.1 Å². The van der Waals surface area contributed by atoms with Crippen molar-refractivity contribution in [3.05, 3.63) is 72.2 Å². The summed E-state index contributed by atoms with van der Waals surface area (Å²) in [5, 5.41) is 6.76. The molecule has 4 aromatic rings. The molecular weight excluding hydrogens is 488 g/mol. The lowest BCUT2D eigenvalue weighted by Crippen LogP contribution is -2.36. The minimum absolute atomic E-state index is 0.157. The number of carbonyl (C=O) groups is 2. The van der Waals surface area contributed by atoms with Crippen molar-refractivity contribution >= 4 is 45.8 Å². The van der Waals surface area contributed by atoms with Crippen LogP contribution in [0.4, 0.5) is 23.0 Å². The molecule has 2 aromatic heterocycles. The quantitative estimate of drug-likeness (QED) is 0.353. The van der Waals surface area contributed by atoms with Gasteiger partial charge < -0.3 is 29.7 Å². The van der Waals surface area contributed by atoms with E-state index in [0.717, 1.165) is 18.8 Å². The number of nitrogens with one attached hydrogen (secondary N) is 2. The molecule has 5 rings (SSSR count). The average molecular weight is 515 g/mol. The lowest BCUT2D eigenvalue weighted by Gasteiger charge is -2.29. The molecule has 0 aliphatic carbocycles. The van der Waals surface area contributed by atoms with Gasteiger partial charge in [0.2, 0.25) is 0 Å². The van der Waals surface area contributed by atoms with Crippen LogP contribution < -0.4 is 20.3 Å². The van der Waals surface area contributed by atoms with Gasteiger partial charge in [0, 0.05) is 42.5 Å². The smallest absolute Gasteiger partial charge is 0.338 e. The predicted molar refractivity (Wildman–Crippen MR) is 142 cm³/mol. The number of amides is 1. The van der Waals surface area contributed by atoms with Crippen molar-refractivity contribution in [2.45, 2.75) is 0 Å². The summed E-state index contributed by atoms with van der Waals surface area (Å²) in [6.07, 6.45) is 3.19. The highest BCUT2D eigenvalue weighted by molar-refractivity contribution is 6.12. The van der Waals surface area contributed by atoms with Crippen molar-refractivity contribution in [3.8, 4) is 5.75 Å². The van der Waals surface area contributed by atoms with Crippen LogP contribution in [0.1, 0.15) is 20.7 Å². The van der Waals surface area contributed by atoms with E-state index in [0.29, 0.717) is 47.2 Å². The van der Waals surface area contributed by atoms with E-state index >= 15 is 0 Å². The molecule has 1 aliphatic heterocycles. The van der Waals surface area contributed by atoms with Gasteiger partial charge in [-0.05, 0) is 24.3 Å². The van der Waals surface area contributed by atoms with Gasteiger partial charge in [-0.25, -0.2) is 19.7 Å². The Morgan fingerprint density at radius 1 is 0.974 bits per heavy atom. The molecule has 0 spiro atoms. The molecule has 1 aliphatic rings. The number of methoxy groups -OCH3 is 2. The number of hydrogen-bond donors (Lipinski definition) is 2. The molecule has 0 atom stereocenters. The maximum Gasteiger partial charge on any atom is 0.338 e. The van der Waals surface area contributed by atoms with Gasteiger partial charge in [-0.2, -0.15) is 0 Å². The van der Waals surface area contributed by atoms with Crippen molar-refractivity contribution < 1.29 is 23.8 Å². The highest BCUT2D eigenvalue weighted by Gasteiger charge is 2.20. The fourth-order valence-corrected chi connectivity index (χ4v) is 4.24. The summed E-state index contributed by atoms with van der Waals surface area (Å²) in [6, 6.07) is 13.8. The minimum Gasteiger partial charge on any atom is -0.494 e. The van der Waals surface area contributed by atoms with Gasteiger partial charge in [0.15, 0.2) is 0 Å². The number of pyridine rings is 1. The fourth-order valence-electron chi connectivity index (χ4n) is 4.24. The van der Waals surface area contributed by atoms with E-state index in [1.807, 2.05) is 12.1 Å². The van der Waals surface area contributed by atoms with Crippen LogP contribution in [-0.4, -0.2) is 67.4 Å². The maximum absolute atomic E-state index is 13.2. The molecular formula is C27H26N6O5. The second-order valence-electron chi connectivity index (χ2n) is 8.41. The van der Waals surface area contributed by atoms with Crippen LogP contribution in [0.25, 0.3) is 10.9 Å². The first-order valence-corrected chi connectivity index (χ1v) is 11.9. The molecule has 0 radical (unpaired) electrons. The molecule has 2 aromatic carbocycles. The number of rotatable bonds is 7. The van der Waals surface area contributed by atoms with Crippen molar-refractivity contribution in [1.29, 1.82) is 0 Å². The number of fused-ring (bicyclic) bond motifs is 1. The number of esters is 1. The second kappa shape index (κ2) is 11.1. The summed E-state index contributed by atoms with van der Waals surface area (Å²) >= 11 is 0. The minimum atomic E-state index is -0.604. The maximum atomic E-state index is 13.2. The molecule has 1 fully saturated rings. The van der Waals surface area contributed by atoms with Gasteiger partial charge >= 0.3 is 5.97 Å². The first kappa shape index (κ1) is 24.9. The lowest BCUT2D eigenvalue weighted by atomic mass is 10.1. The van der Waals surface area contributed by atoms with Gasteiger partial charge in [0.25, 0.3) is 5.91 Å². The number of ether oxygens (including phenoxy) is 3. The number of hydrogen-bond acceptors (Lipinski definition) is 10. The van der Waals surface area contributed by atoms with Gasteiger partial charge in [-0.3, -0.25) is 4.79 Å². The summed E-state index contributed by atoms with van der Waals surface area (Å²) < 4.78 is 15.8. The molecule has 194 valence electrons. The van der Waals surface area contributed by atoms with Gasteiger partial charge in [-0.15, -0.1) is 0 Å². The van der Waals surface area contributed by atoms with E-state index in [-0.39, 0.29) is 11.1 Å². The number of benzene rings is 2. The molecule has 38 heavy (non-hydrogen) atoms. The first-order valence-electron chi connectivity index (χ1n) is 11.9. The van der Waals surface area contributed by atoms with Crippen molar-refractivity contribution in [1.82, 2.24) is 15.0 Å². The van der Waals surface area contributed by atoms with Crippen LogP contribution in [0, 0.1) is 0 Å². The Labute approximate surface area is 218 Å². The zero-order valence-corrected chi connectivity index (χ0v) is 20.9. The van der Waals surface area contributed by atoms with E-state index in [1.165, 1.54) is 26.6 Å². The fraction of sp³-hybridized carbons (Fsp3) is 0.222. The largest absolute Gasteiger partial charge is 0.494 e. The topological polar surface area (TPSA) is 128 Å². The Morgan fingerprint density at radius 2 is 1.76 bits per heavy atom. The van der Waals surface area contributed by atoms with E-state index in [2.05, 4.69) is 30.5 Å². The van der Waals surface area contributed by atoms with Crippen LogP contribution in [0.2, 0.25) is 0 Å². The summed E-state index contributed by atoms with van der Waals surface area (Å²) in [7, 11) is 2.77. The SMILES string of the molecule is COC(=O)c1ccccc1C(=O)Nc1cc2c(Nc3cc(N4CCOCC4)ccn3)ncnc2cc1OC. The summed E-state index contributed by atoms with van der Waals surface area (Å²) in [6.45, 7) is 2.98.